The molecule has 28 heavy (non-hydrogen) atoms. The minimum absolute atomic E-state index is 0.149. The number of rotatable bonds is 3. The van der Waals surface area contributed by atoms with Crippen LogP contribution < -0.4 is 14.6 Å². The minimum Gasteiger partial charge on any atom is -0.497 e. The van der Waals surface area contributed by atoms with Crippen molar-refractivity contribution in [1.29, 1.82) is 0 Å². The van der Waals surface area contributed by atoms with Gasteiger partial charge in [-0.25, -0.2) is 19.3 Å². The quantitative estimate of drug-likeness (QED) is 0.514. The van der Waals surface area contributed by atoms with Crippen molar-refractivity contribution in [2.75, 3.05) is 12.4 Å². The van der Waals surface area contributed by atoms with Crippen LogP contribution in [-0.2, 0) is 0 Å². The van der Waals surface area contributed by atoms with E-state index in [0.29, 0.717) is 0 Å². The highest BCUT2D eigenvalue weighted by Gasteiger charge is 2.31. The molecule has 0 spiro atoms. The van der Waals surface area contributed by atoms with E-state index in [1.54, 1.807) is 19.2 Å². The fraction of sp³-hybridized carbons (Fsp3) is 0.0870. The van der Waals surface area contributed by atoms with Crippen molar-refractivity contribution >= 4 is 22.7 Å². The van der Waals surface area contributed by atoms with Gasteiger partial charge in [-0.3, -0.25) is 0 Å². The van der Waals surface area contributed by atoms with Crippen molar-refractivity contribution in [3.8, 4) is 5.75 Å². The third-order valence-electron chi connectivity index (χ3n) is 5.08. The summed E-state index contributed by atoms with van der Waals surface area (Å²) in [7, 11) is 1.66. The van der Waals surface area contributed by atoms with Crippen LogP contribution in [0.25, 0.3) is 16.7 Å². The number of nitrogens with one attached hydrogen (secondary N) is 2. The zero-order valence-electron chi connectivity index (χ0n) is 15.3. The SMILES string of the molecule is COc1cccc(C2=CC(c3cccc(F)c3)[n+]3c([nH]c4ccccc43)N2)c1. The fourth-order valence-electron chi connectivity index (χ4n) is 3.77. The summed E-state index contributed by atoms with van der Waals surface area (Å²) in [5, 5.41) is 3.49. The van der Waals surface area contributed by atoms with E-state index < -0.39 is 0 Å². The van der Waals surface area contributed by atoms with Crippen LogP contribution in [0, 0.1) is 5.82 Å². The number of hydrogen-bond acceptors (Lipinski definition) is 2. The molecule has 138 valence electrons. The summed E-state index contributed by atoms with van der Waals surface area (Å²) >= 11 is 0. The zero-order chi connectivity index (χ0) is 19.1. The molecule has 0 saturated carbocycles. The number of halogens is 1. The Morgan fingerprint density at radius 2 is 1.82 bits per heavy atom. The molecular weight excluding hydrogens is 353 g/mol. The first-order valence-electron chi connectivity index (χ1n) is 9.14. The highest BCUT2D eigenvalue weighted by atomic mass is 19.1. The van der Waals surface area contributed by atoms with Gasteiger partial charge in [0.2, 0.25) is 0 Å². The number of anilines is 1. The molecule has 5 rings (SSSR count). The average Bonchev–Trinajstić information content (AvgIpc) is 3.11. The number of aromatic amines is 1. The van der Waals surface area contributed by atoms with E-state index in [1.807, 2.05) is 48.5 Å². The van der Waals surface area contributed by atoms with Crippen LogP contribution >= 0.6 is 0 Å². The lowest BCUT2D eigenvalue weighted by atomic mass is 10.0. The first-order chi connectivity index (χ1) is 13.7. The average molecular weight is 372 g/mol. The Morgan fingerprint density at radius 3 is 2.68 bits per heavy atom. The normalized spacial score (nSPS) is 15.6. The van der Waals surface area contributed by atoms with Gasteiger partial charge < -0.3 is 4.74 Å². The van der Waals surface area contributed by atoms with E-state index in [-0.39, 0.29) is 11.9 Å². The first-order valence-corrected chi connectivity index (χ1v) is 9.14. The number of H-pyrrole nitrogens is 1. The van der Waals surface area contributed by atoms with Gasteiger partial charge in [0, 0.05) is 5.56 Å². The smallest absolute Gasteiger partial charge is 0.361 e. The van der Waals surface area contributed by atoms with Crippen LogP contribution in [0.2, 0.25) is 0 Å². The van der Waals surface area contributed by atoms with Crippen LogP contribution in [0.1, 0.15) is 17.2 Å². The van der Waals surface area contributed by atoms with Crippen molar-refractivity contribution in [2.45, 2.75) is 6.04 Å². The molecule has 3 aromatic carbocycles. The second-order valence-electron chi connectivity index (χ2n) is 6.80. The largest absolute Gasteiger partial charge is 0.497 e. The molecule has 2 N–H and O–H groups in total. The van der Waals surface area contributed by atoms with Gasteiger partial charge >= 0.3 is 5.95 Å². The molecule has 4 aromatic rings. The van der Waals surface area contributed by atoms with Crippen LogP contribution in [0.4, 0.5) is 10.3 Å². The summed E-state index contributed by atoms with van der Waals surface area (Å²) in [6.07, 6.45) is 2.12. The van der Waals surface area contributed by atoms with Crippen molar-refractivity contribution in [3.63, 3.8) is 0 Å². The molecule has 0 radical (unpaired) electrons. The van der Waals surface area contributed by atoms with Gasteiger partial charge in [0.1, 0.15) is 34.3 Å². The Kier molecular flexibility index (Phi) is 3.86. The lowest BCUT2D eigenvalue weighted by molar-refractivity contribution is -0.664. The molecule has 0 aliphatic carbocycles. The molecule has 1 aliphatic rings. The number of hydrogen-bond donors (Lipinski definition) is 2. The summed E-state index contributed by atoms with van der Waals surface area (Å²) in [5.41, 5.74) is 4.91. The molecule has 0 bridgehead atoms. The van der Waals surface area contributed by atoms with E-state index in [4.69, 9.17) is 4.74 Å². The van der Waals surface area contributed by atoms with E-state index >= 15 is 0 Å². The lowest BCUT2D eigenvalue weighted by Gasteiger charge is -2.21. The third-order valence-corrected chi connectivity index (χ3v) is 5.08. The topological polar surface area (TPSA) is 40.9 Å². The number of fused-ring (bicyclic) bond motifs is 3. The predicted molar refractivity (Wildman–Crippen MR) is 108 cm³/mol. The lowest BCUT2D eigenvalue weighted by Crippen LogP contribution is -2.43. The molecular formula is C23H19FN3O+. The molecule has 0 saturated heterocycles. The van der Waals surface area contributed by atoms with Crippen LogP contribution in [0.5, 0.6) is 5.75 Å². The number of benzene rings is 3. The van der Waals surface area contributed by atoms with Crippen molar-refractivity contribution in [1.82, 2.24) is 4.98 Å². The van der Waals surface area contributed by atoms with E-state index in [0.717, 1.165) is 39.6 Å². The van der Waals surface area contributed by atoms with Crippen molar-refractivity contribution in [2.24, 2.45) is 0 Å². The van der Waals surface area contributed by atoms with Gasteiger partial charge in [-0.2, -0.15) is 0 Å². The van der Waals surface area contributed by atoms with Crippen LogP contribution in [0.3, 0.4) is 0 Å². The molecule has 0 fully saturated rings. The van der Waals surface area contributed by atoms with Gasteiger partial charge in [-0.15, -0.1) is 0 Å². The number of allylic oxidation sites excluding steroid dienone is 1. The maximum absolute atomic E-state index is 14.0. The zero-order valence-corrected chi connectivity index (χ0v) is 15.3. The molecule has 1 aliphatic heterocycles. The summed E-state index contributed by atoms with van der Waals surface area (Å²) in [6, 6.07) is 22.6. The Labute approximate surface area is 161 Å². The fourth-order valence-corrected chi connectivity index (χ4v) is 3.77. The molecule has 0 amide bonds. The van der Waals surface area contributed by atoms with E-state index in [2.05, 4.69) is 27.0 Å². The maximum atomic E-state index is 14.0. The minimum atomic E-state index is -0.241. The van der Waals surface area contributed by atoms with Crippen LogP contribution in [-0.4, -0.2) is 12.1 Å². The predicted octanol–water partition coefficient (Wildman–Crippen LogP) is 4.66. The first kappa shape index (κ1) is 16.6. The number of ether oxygens (including phenoxy) is 1. The Hall–Kier alpha value is -3.60. The standard InChI is InChI=1S/C23H18FN3O/c1-28-18-9-5-6-15(13-18)20-14-22(16-7-4-8-17(24)12-16)27-21-11-3-2-10-19(21)25-23(27)26-20/h2-14,22H,1H3,(H,25,26)/p+1. The van der Waals surface area contributed by atoms with Crippen molar-refractivity contribution in [3.05, 3.63) is 95.8 Å². The molecule has 2 heterocycles. The number of para-hydroxylation sites is 2. The Balaban J connectivity index is 1.71. The Morgan fingerprint density at radius 1 is 0.964 bits per heavy atom. The number of imidazole rings is 1. The second kappa shape index (κ2) is 6.53. The molecule has 4 nitrogen and oxygen atoms in total. The van der Waals surface area contributed by atoms with Gasteiger partial charge in [-0.05, 0) is 48.0 Å². The summed E-state index contributed by atoms with van der Waals surface area (Å²) in [6.45, 7) is 0. The molecule has 1 unspecified atom stereocenters. The maximum Gasteiger partial charge on any atom is 0.361 e. The summed E-state index contributed by atoms with van der Waals surface area (Å²) < 4.78 is 21.5. The van der Waals surface area contributed by atoms with E-state index in [1.165, 1.54) is 6.07 Å². The van der Waals surface area contributed by atoms with Crippen LogP contribution in [0.15, 0.2) is 78.9 Å². The second-order valence-corrected chi connectivity index (χ2v) is 6.80. The number of methoxy groups -OCH3 is 1. The molecule has 5 heteroatoms. The summed E-state index contributed by atoms with van der Waals surface area (Å²) in [4.78, 5) is 3.44. The third kappa shape index (κ3) is 2.72. The van der Waals surface area contributed by atoms with E-state index in [9.17, 15) is 4.39 Å². The number of nitrogens with zero attached hydrogens (tertiary/aromatic N) is 1. The van der Waals surface area contributed by atoms with Crippen molar-refractivity contribution < 1.29 is 13.7 Å². The van der Waals surface area contributed by atoms with Gasteiger partial charge in [0.05, 0.1) is 7.11 Å². The molecule has 1 atom stereocenters. The highest BCUT2D eigenvalue weighted by molar-refractivity contribution is 5.80. The van der Waals surface area contributed by atoms with Gasteiger partial charge in [-0.1, -0.05) is 36.4 Å². The van der Waals surface area contributed by atoms with Gasteiger partial charge in [0.15, 0.2) is 0 Å². The Bertz CT molecular complexity index is 1210. The molecule has 1 aromatic heterocycles. The summed E-state index contributed by atoms with van der Waals surface area (Å²) in [5.74, 6) is 1.41. The number of aromatic nitrogens is 2. The van der Waals surface area contributed by atoms with Gasteiger partial charge in [0.25, 0.3) is 0 Å². The monoisotopic (exact) mass is 372 g/mol. The highest BCUT2D eigenvalue weighted by Crippen LogP contribution is 2.31.